The van der Waals surface area contributed by atoms with E-state index in [0.717, 1.165) is 42.6 Å². The number of unbranched alkanes of at least 4 members (excludes halogenated alkanes) is 1. The number of aryl methyl sites for hydroxylation is 3. The molecule has 2 aromatic rings. The summed E-state index contributed by atoms with van der Waals surface area (Å²) in [6.45, 7) is 6.67. The smallest absolute Gasteiger partial charge is 0.191 e. The molecule has 0 aliphatic rings. The molecule has 0 atom stereocenters. The van der Waals surface area contributed by atoms with E-state index < -0.39 is 0 Å². The van der Waals surface area contributed by atoms with Gasteiger partial charge in [0.25, 0.3) is 0 Å². The summed E-state index contributed by atoms with van der Waals surface area (Å²) in [5, 5.41) is 15.3. The highest BCUT2D eigenvalue weighted by molar-refractivity contribution is 7.11. The highest BCUT2D eigenvalue weighted by atomic mass is 32.1. The molecule has 120 valence electrons. The van der Waals surface area contributed by atoms with Crippen molar-refractivity contribution in [3.05, 3.63) is 28.2 Å². The van der Waals surface area contributed by atoms with Gasteiger partial charge < -0.3 is 15.2 Å². The molecule has 8 heteroatoms. The maximum atomic E-state index is 4.51. The zero-order valence-corrected chi connectivity index (χ0v) is 14.2. The van der Waals surface area contributed by atoms with E-state index in [1.807, 2.05) is 11.5 Å². The molecule has 0 spiro atoms. The van der Waals surface area contributed by atoms with Crippen molar-refractivity contribution in [3.8, 4) is 0 Å². The molecule has 2 aromatic heterocycles. The van der Waals surface area contributed by atoms with Crippen LogP contribution in [0, 0.1) is 13.8 Å². The Morgan fingerprint density at radius 2 is 2.00 bits per heavy atom. The highest BCUT2D eigenvalue weighted by Crippen LogP contribution is 2.15. The van der Waals surface area contributed by atoms with Crippen LogP contribution in [-0.4, -0.2) is 39.3 Å². The first-order valence-corrected chi connectivity index (χ1v) is 8.20. The normalized spacial score (nSPS) is 11.7. The maximum absolute atomic E-state index is 4.51. The van der Waals surface area contributed by atoms with E-state index in [-0.39, 0.29) is 0 Å². The standard InChI is InChI=1S/C14H23N7S/c1-11-12(2)22-13(20-11)8-17-14(15-3)16-6-4-5-7-21-9-18-19-10-21/h9-10H,4-8H2,1-3H3,(H2,15,16,17). The summed E-state index contributed by atoms with van der Waals surface area (Å²) in [6.07, 6.45) is 5.62. The summed E-state index contributed by atoms with van der Waals surface area (Å²) < 4.78 is 1.99. The third kappa shape index (κ3) is 5.10. The summed E-state index contributed by atoms with van der Waals surface area (Å²) in [7, 11) is 1.78. The van der Waals surface area contributed by atoms with Crippen LogP contribution in [0.5, 0.6) is 0 Å². The summed E-state index contributed by atoms with van der Waals surface area (Å²) in [6, 6.07) is 0. The highest BCUT2D eigenvalue weighted by Gasteiger charge is 2.04. The van der Waals surface area contributed by atoms with Crippen LogP contribution in [0.15, 0.2) is 17.6 Å². The largest absolute Gasteiger partial charge is 0.356 e. The SMILES string of the molecule is CN=C(NCCCCn1cnnc1)NCc1nc(C)c(C)s1. The van der Waals surface area contributed by atoms with Gasteiger partial charge in [-0.1, -0.05) is 0 Å². The Morgan fingerprint density at radius 1 is 1.23 bits per heavy atom. The topological polar surface area (TPSA) is 80.0 Å². The zero-order chi connectivity index (χ0) is 15.8. The summed E-state index contributed by atoms with van der Waals surface area (Å²) in [5.74, 6) is 0.815. The van der Waals surface area contributed by atoms with E-state index in [1.54, 1.807) is 31.0 Å². The second-order valence-corrected chi connectivity index (χ2v) is 6.30. The molecule has 2 N–H and O–H groups in total. The average molecular weight is 321 g/mol. The third-order valence-corrected chi connectivity index (χ3v) is 4.38. The molecular weight excluding hydrogens is 298 g/mol. The van der Waals surface area contributed by atoms with E-state index in [0.29, 0.717) is 6.54 Å². The second-order valence-electron chi connectivity index (χ2n) is 5.01. The predicted octanol–water partition coefficient (Wildman–Crippen LogP) is 1.50. The van der Waals surface area contributed by atoms with Crippen LogP contribution in [0.4, 0.5) is 0 Å². The van der Waals surface area contributed by atoms with Crippen LogP contribution in [-0.2, 0) is 13.1 Å². The van der Waals surface area contributed by atoms with Crippen molar-refractivity contribution in [3.63, 3.8) is 0 Å². The molecule has 0 radical (unpaired) electrons. The molecule has 2 rings (SSSR count). The molecule has 0 aliphatic heterocycles. The lowest BCUT2D eigenvalue weighted by Gasteiger charge is -2.10. The van der Waals surface area contributed by atoms with E-state index >= 15 is 0 Å². The number of nitrogens with zero attached hydrogens (tertiary/aromatic N) is 5. The summed E-state index contributed by atoms with van der Waals surface area (Å²) in [4.78, 5) is 10.0. The summed E-state index contributed by atoms with van der Waals surface area (Å²) >= 11 is 1.73. The second kappa shape index (κ2) is 8.47. The quantitative estimate of drug-likeness (QED) is 0.459. The van der Waals surface area contributed by atoms with Crippen molar-refractivity contribution in [2.24, 2.45) is 4.99 Å². The van der Waals surface area contributed by atoms with Gasteiger partial charge in [-0.2, -0.15) is 0 Å². The molecule has 2 heterocycles. The lowest BCUT2D eigenvalue weighted by molar-refractivity contribution is 0.597. The molecule has 22 heavy (non-hydrogen) atoms. The number of nitrogens with one attached hydrogen (secondary N) is 2. The van der Waals surface area contributed by atoms with Crippen LogP contribution < -0.4 is 10.6 Å². The van der Waals surface area contributed by atoms with Gasteiger partial charge in [0.2, 0.25) is 0 Å². The van der Waals surface area contributed by atoms with Crippen molar-refractivity contribution >= 4 is 17.3 Å². The Morgan fingerprint density at radius 3 is 2.64 bits per heavy atom. The molecular formula is C14H23N7S. The minimum Gasteiger partial charge on any atom is -0.356 e. The van der Waals surface area contributed by atoms with Gasteiger partial charge in [0, 0.05) is 25.0 Å². The van der Waals surface area contributed by atoms with Gasteiger partial charge >= 0.3 is 0 Å². The molecule has 7 nitrogen and oxygen atoms in total. The Labute approximate surface area is 134 Å². The van der Waals surface area contributed by atoms with E-state index in [1.165, 1.54) is 4.88 Å². The van der Waals surface area contributed by atoms with Gasteiger partial charge in [-0.15, -0.1) is 21.5 Å². The van der Waals surface area contributed by atoms with E-state index in [9.17, 15) is 0 Å². The minimum atomic E-state index is 0.708. The van der Waals surface area contributed by atoms with E-state index in [4.69, 9.17) is 0 Å². The van der Waals surface area contributed by atoms with Crippen molar-refractivity contribution in [1.82, 2.24) is 30.4 Å². The van der Waals surface area contributed by atoms with Crippen molar-refractivity contribution < 1.29 is 0 Å². The van der Waals surface area contributed by atoms with Crippen molar-refractivity contribution in [1.29, 1.82) is 0 Å². The van der Waals surface area contributed by atoms with Crippen LogP contribution >= 0.6 is 11.3 Å². The number of aromatic nitrogens is 4. The van der Waals surface area contributed by atoms with Gasteiger partial charge in [0.1, 0.15) is 17.7 Å². The number of rotatable bonds is 7. The Bertz CT molecular complexity index is 569. The first kappa shape index (κ1) is 16.4. The van der Waals surface area contributed by atoms with Gasteiger partial charge in [-0.3, -0.25) is 4.99 Å². The molecule has 0 saturated heterocycles. The predicted molar refractivity (Wildman–Crippen MR) is 89.0 cm³/mol. The Hall–Kier alpha value is -1.96. The fraction of sp³-hybridized carbons (Fsp3) is 0.571. The summed E-state index contributed by atoms with van der Waals surface area (Å²) in [5.41, 5.74) is 1.11. The van der Waals surface area contributed by atoms with Gasteiger partial charge in [-0.05, 0) is 26.7 Å². The molecule has 0 aliphatic carbocycles. The average Bonchev–Trinajstić information content (AvgIpc) is 3.12. The zero-order valence-electron chi connectivity index (χ0n) is 13.3. The molecule has 0 bridgehead atoms. The van der Waals surface area contributed by atoms with Crippen LogP contribution in [0.25, 0.3) is 0 Å². The van der Waals surface area contributed by atoms with Crippen LogP contribution in [0.2, 0.25) is 0 Å². The fourth-order valence-electron chi connectivity index (χ4n) is 1.96. The monoisotopic (exact) mass is 321 g/mol. The molecule has 0 saturated carbocycles. The first-order valence-electron chi connectivity index (χ1n) is 7.39. The van der Waals surface area contributed by atoms with Gasteiger partial charge in [0.15, 0.2) is 5.96 Å². The molecule has 0 amide bonds. The van der Waals surface area contributed by atoms with Crippen LogP contribution in [0.3, 0.4) is 0 Å². The lowest BCUT2D eigenvalue weighted by atomic mass is 10.3. The first-order chi connectivity index (χ1) is 10.7. The molecule has 0 aromatic carbocycles. The molecule has 0 fully saturated rings. The molecule has 0 unspecified atom stereocenters. The number of aliphatic imine (C=N–C) groups is 1. The fourth-order valence-corrected chi connectivity index (χ4v) is 2.83. The van der Waals surface area contributed by atoms with Gasteiger partial charge in [0.05, 0.1) is 12.2 Å². The Kier molecular flexibility index (Phi) is 6.32. The minimum absolute atomic E-state index is 0.708. The van der Waals surface area contributed by atoms with E-state index in [2.05, 4.69) is 37.7 Å². The third-order valence-electron chi connectivity index (χ3n) is 3.31. The number of thiazole rings is 1. The number of hydrogen-bond acceptors (Lipinski definition) is 5. The lowest BCUT2D eigenvalue weighted by Crippen LogP contribution is -2.37. The van der Waals surface area contributed by atoms with Crippen molar-refractivity contribution in [2.75, 3.05) is 13.6 Å². The maximum Gasteiger partial charge on any atom is 0.191 e. The van der Waals surface area contributed by atoms with Gasteiger partial charge in [-0.25, -0.2) is 4.98 Å². The number of guanidine groups is 1. The van der Waals surface area contributed by atoms with Crippen molar-refractivity contribution in [2.45, 2.75) is 39.8 Å². The number of hydrogen-bond donors (Lipinski definition) is 2. The Balaban J connectivity index is 1.62. The van der Waals surface area contributed by atoms with Crippen LogP contribution in [0.1, 0.15) is 28.4 Å².